The van der Waals surface area contributed by atoms with E-state index in [1.54, 1.807) is 41.6 Å². The number of pyridine rings is 2. The highest BCUT2D eigenvalue weighted by molar-refractivity contribution is 6.01. The minimum absolute atomic E-state index is 0.125. The van der Waals surface area contributed by atoms with Gasteiger partial charge in [-0.3, -0.25) is 10.3 Å². The molecule has 0 atom stereocenters. The Kier molecular flexibility index (Phi) is 6.09. The molecule has 2 N–H and O–H groups in total. The number of aromatic amines is 1. The van der Waals surface area contributed by atoms with E-state index >= 15 is 0 Å². The fourth-order valence-electron chi connectivity index (χ4n) is 4.08. The zero-order valence-corrected chi connectivity index (χ0v) is 18.7. The lowest BCUT2D eigenvalue weighted by Gasteiger charge is -2.30. The zero-order valence-electron chi connectivity index (χ0n) is 18.7. The number of carbonyl (C=O) groups excluding carboxylic acids is 2. The first-order valence-corrected chi connectivity index (χ1v) is 11.2. The molecule has 34 heavy (non-hydrogen) atoms. The number of hydrogen-bond acceptors (Lipinski definition) is 7. The van der Waals surface area contributed by atoms with Gasteiger partial charge in [0.15, 0.2) is 0 Å². The maximum atomic E-state index is 12.7. The molecule has 5 heterocycles. The van der Waals surface area contributed by atoms with Gasteiger partial charge < -0.3 is 19.4 Å². The van der Waals surface area contributed by atoms with Gasteiger partial charge in [-0.2, -0.15) is 0 Å². The topological polar surface area (TPSA) is 126 Å². The van der Waals surface area contributed by atoms with Crippen LogP contribution >= 0.6 is 0 Å². The van der Waals surface area contributed by atoms with Crippen LogP contribution < -0.4 is 10.1 Å². The van der Waals surface area contributed by atoms with Gasteiger partial charge >= 0.3 is 12.1 Å². The number of aromatic nitrogens is 4. The van der Waals surface area contributed by atoms with Crippen LogP contribution in [0, 0.1) is 6.92 Å². The van der Waals surface area contributed by atoms with Crippen LogP contribution in [0.1, 0.15) is 18.7 Å². The van der Waals surface area contributed by atoms with Crippen molar-refractivity contribution in [1.82, 2.24) is 29.7 Å². The lowest BCUT2D eigenvalue weighted by Crippen LogP contribution is -2.44. The van der Waals surface area contributed by atoms with Crippen molar-refractivity contribution in [3.05, 3.63) is 48.7 Å². The van der Waals surface area contributed by atoms with Crippen LogP contribution in [0.4, 0.5) is 15.4 Å². The third kappa shape index (κ3) is 4.69. The third-order valence-corrected chi connectivity index (χ3v) is 5.84. The maximum Gasteiger partial charge on any atom is 0.331 e. The standard InChI is InChI=1S/C23H25N7O4/c1-15-25-14-20(27-15)19-12-17(4-7-24-19)34-18-2-3-21(26-13-18)28-22(31)30-9-8-29(23(30)32)16-5-10-33-11-6-16/h2-4,7,12-14,16H,5-6,8-11H2,1H3,(H,25,27)(H,26,28,31). The fourth-order valence-corrected chi connectivity index (χ4v) is 4.08. The molecule has 176 valence electrons. The van der Waals surface area contributed by atoms with Crippen LogP contribution in [0.5, 0.6) is 11.5 Å². The number of aryl methyl sites for hydroxylation is 1. The van der Waals surface area contributed by atoms with Crippen molar-refractivity contribution in [1.29, 1.82) is 0 Å². The van der Waals surface area contributed by atoms with Crippen LogP contribution in [0.15, 0.2) is 42.9 Å². The summed E-state index contributed by atoms with van der Waals surface area (Å²) in [6.45, 7) is 4.04. The highest BCUT2D eigenvalue weighted by atomic mass is 16.5. The van der Waals surface area contributed by atoms with Crippen LogP contribution in [0.2, 0.25) is 0 Å². The van der Waals surface area contributed by atoms with Crippen LogP contribution in [-0.4, -0.2) is 74.1 Å². The Labute approximate surface area is 196 Å². The molecule has 0 unspecified atom stereocenters. The highest BCUT2D eigenvalue weighted by Gasteiger charge is 2.37. The number of nitrogens with zero attached hydrogens (tertiary/aromatic N) is 5. The molecular weight excluding hydrogens is 438 g/mol. The summed E-state index contributed by atoms with van der Waals surface area (Å²) in [5.41, 5.74) is 1.51. The van der Waals surface area contributed by atoms with Gasteiger partial charge in [-0.25, -0.2) is 24.5 Å². The van der Waals surface area contributed by atoms with Gasteiger partial charge in [0.25, 0.3) is 0 Å². The van der Waals surface area contributed by atoms with E-state index in [4.69, 9.17) is 9.47 Å². The van der Waals surface area contributed by atoms with Gasteiger partial charge in [-0.15, -0.1) is 0 Å². The second-order valence-corrected chi connectivity index (χ2v) is 8.14. The Morgan fingerprint density at radius 2 is 1.97 bits per heavy atom. The lowest BCUT2D eigenvalue weighted by atomic mass is 10.1. The molecule has 0 saturated carbocycles. The molecule has 11 nitrogen and oxygen atoms in total. The number of carbonyl (C=O) groups is 2. The molecule has 5 rings (SSSR count). The summed E-state index contributed by atoms with van der Waals surface area (Å²) >= 11 is 0. The number of rotatable bonds is 5. The molecule has 2 aliphatic rings. The van der Waals surface area contributed by atoms with E-state index in [1.165, 1.54) is 11.1 Å². The quantitative estimate of drug-likeness (QED) is 0.594. The Balaban J connectivity index is 1.19. The summed E-state index contributed by atoms with van der Waals surface area (Å²) in [4.78, 5) is 44.3. The Morgan fingerprint density at radius 3 is 2.71 bits per heavy atom. The summed E-state index contributed by atoms with van der Waals surface area (Å²) in [5, 5.41) is 2.69. The molecule has 0 aliphatic carbocycles. The largest absolute Gasteiger partial charge is 0.456 e. The average Bonchev–Trinajstić information content (AvgIpc) is 3.47. The van der Waals surface area contributed by atoms with Gasteiger partial charge in [0.05, 0.1) is 23.8 Å². The molecule has 4 amide bonds. The number of H-pyrrole nitrogens is 1. The van der Waals surface area contributed by atoms with E-state index in [0.29, 0.717) is 49.3 Å². The van der Waals surface area contributed by atoms with Gasteiger partial charge in [0, 0.05) is 44.6 Å². The predicted octanol–water partition coefficient (Wildman–Crippen LogP) is 3.42. The number of urea groups is 2. The van der Waals surface area contributed by atoms with Gasteiger partial charge in [0.2, 0.25) is 0 Å². The third-order valence-electron chi connectivity index (χ3n) is 5.84. The molecule has 2 fully saturated rings. The van der Waals surface area contributed by atoms with Crippen LogP contribution in [0.25, 0.3) is 11.4 Å². The van der Waals surface area contributed by atoms with E-state index < -0.39 is 6.03 Å². The first kappa shape index (κ1) is 21.8. The smallest absolute Gasteiger partial charge is 0.331 e. The molecule has 3 aromatic heterocycles. The Hall–Kier alpha value is -3.99. The van der Waals surface area contributed by atoms with E-state index in [9.17, 15) is 9.59 Å². The first-order valence-electron chi connectivity index (χ1n) is 11.2. The van der Waals surface area contributed by atoms with E-state index in [-0.39, 0.29) is 12.1 Å². The molecule has 3 aromatic rings. The molecule has 0 radical (unpaired) electrons. The minimum atomic E-state index is -0.491. The molecule has 0 spiro atoms. The summed E-state index contributed by atoms with van der Waals surface area (Å²) in [6.07, 6.45) is 6.47. The SMILES string of the molecule is Cc1ncc(-c2cc(Oc3ccc(NC(=O)N4CCN(C5CCOCC5)C4=O)nc3)ccn2)[nH]1. The van der Waals surface area contributed by atoms with Gasteiger partial charge in [-0.1, -0.05) is 0 Å². The monoisotopic (exact) mass is 463 g/mol. The molecular formula is C23H25N7O4. The lowest BCUT2D eigenvalue weighted by molar-refractivity contribution is 0.0510. The summed E-state index contributed by atoms with van der Waals surface area (Å²) in [7, 11) is 0. The van der Waals surface area contributed by atoms with E-state index in [0.717, 1.165) is 24.4 Å². The minimum Gasteiger partial charge on any atom is -0.456 e. The summed E-state index contributed by atoms with van der Waals surface area (Å²) in [5.74, 6) is 2.22. The number of hydrogen-bond donors (Lipinski definition) is 2. The molecule has 2 aliphatic heterocycles. The molecule has 2 saturated heterocycles. The summed E-state index contributed by atoms with van der Waals surface area (Å²) < 4.78 is 11.2. The number of ether oxygens (including phenoxy) is 2. The van der Waals surface area contributed by atoms with E-state index in [1.807, 2.05) is 6.92 Å². The van der Waals surface area contributed by atoms with Crippen molar-refractivity contribution in [2.24, 2.45) is 0 Å². The zero-order chi connectivity index (χ0) is 23.5. The highest BCUT2D eigenvalue weighted by Crippen LogP contribution is 2.25. The first-order chi connectivity index (χ1) is 16.6. The van der Waals surface area contributed by atoms with Crippen LogP contribution in [0.3, 0.4) is 0 Å². The van der Waals surface area contributed by atoms with Crippen molar-refractivity contribution in [3.8, 4) is 22.9 Å². The van der Waals surface area contributed by atoms with Crippen molar-refractivity contribution in [3.63, 3.8) is 0 Å². The molecule has 0 aromatic carbocycles. The Morgan fingerprint density at radius 1 is 1.12 bits per heavy atom. The van der Waals surface area contributed by atoms with Crippen molar-refractivity contribution in [2.75, 3.05) is 31.6 Å². The normalized spacial score (nSPS) is 16.7. The second kappa shape index (κ2) is 9.48. The van der Waals surface area contributed by atoms with Crippen molar-refractivity contribution >= 4 is 17.9 Å². The molecule has 11 heteroatoms. The predicted molar refractivity (Wildman–Crippen MR) is 123 cm³/mol. The summed E-state index contributed by atoms with van der Waals surface area (Å²) in [6, 6.07) is 6.23. The van der Waals surface area contributed by atoms with E-state index in [2.05, 4.69) is 25.3 Å². The van der Waals surface area contributed by atoms with Crippen molar-refractivity contribution < 1.29 is 19.1 Å². The van der Waals surface area contributed by atoms with Crippen molar-refractivity contribution in [2.45, 2.75) is 25.8 Å². The number of nitrogens with one attached hydrogen (secondary N) is 2. The molecule has 0 bridgehead atoms. The fraction of sp³-hybridized carbons (Fsp3) is 0.348. The number of amides is 4. The van der Waals surface area contributed by atoms with Gasteiger partial charge in [-0.05, 0) is 38.0 Å². The Bertz CT molecular complexity index is 1170. The van der Waals surface area contributed by atoms with Gasteiger partial charge in [0.1, 0.15) is 23.1 Å². The number of anilines is 1. The number of imide groups is 1. The van der Waals surface area contributed by atoms with Crippen LogP contribution in [-0.2, 0) is 4.74 Å². The number of imidazole rings is 1. The second-order valence-electron chi connectivity index (χ2n) is 8.14. The maximum absolute atomic E-state index is 12.7. The average molecular weight is 463 g/mol.